The monoisotopic (exact) mass is 278 g/mol. The van der Waals surface area contributed by atoms with Crippen LogP contribution in [0.25, 0.3) is 0 Å². The first-order chi connectivity index (χ1) is 9.79. The molecule has 2 heterocycles. The van der Waals surface area contributed by atoms with Crippen LogP contribution in [0.15, 0.2) is 12.4 Å². The number of carbonyl (C=O) groups excluding carboxylic acids is 1. The Bertz CT molecular complexity index is 416. The topological polar surface area (TPSA) is 76.1 Å². The van der Waals surface area contributed by atoms with Gasteiger partial charge in [0.05, 0.1) is 18.5 Å². The molecule has 1 aromatic heterocycles. The number of hydrogen-bond donors (Lipinski definition) is 2. The number of nitrogens with zero attached hydrogens (tertiary/aromatic N) is 2. The van der Waals surface area contributed by atoms with E-state index in [2.05, 4.69) is 20.6 Å². The van der Waals surface area contributed by atoms with Crippen molar-refractivity contribution < 1.29 is 9.53 Å². The maximum absolute atomic E-state index is 11.9. The Morgan fingerprint density at radius 2 is 2.30 bits per heavy atom. The van der Waals surface area contributed by atoms with Crippen LogP contribution in [0, 0.1) is 0 Å². The second kappa shape index (κ2) is 7.79. The summed E-state index contributed by atoms with van der Waals surface area (Å²) in [6.07, 6.45) is 7.66. The molecule has 1 aliphatic heterocycles. The van der Waals surface area contributed by atoms with E-state index in [0.717, 1.165) is 32.4 Å². The highest BCUT2D eigenvalue weighted by Gasteiger charge is 2.14. The fraction of sp³-hybridized carbons (Fsp3) is 0.643. The summed E-state index contributed by atoms with van der Waals surface area (Å²) in [6, 6.07) is 0. The van der Waals surface area contributed by atoms with Crippen molar-refractivity contribution in [2.24, 2.45) is 0 Å². The van der Waals surface area contributed by atoms with E-state index in [1.54, 1.807) is 6.20 Å². The zero-order valence-corrected chi connectivity index (χ0v) is 11.9. The first-order valence-corrected chi connectivity index (χ1v) is 7.25. The van der Waals surface area contributed by atoms with Gasteiger partial charge in [-0.1, -0.05) is 0 Å². The Labute approximate surface area is 119 Å². The molecule has 1 saturated heterocycles. The van der Waals surface area contributed by atoms with Gasteiger partial charge in [0.25, 0.3) is 5.91 Å². The lowest BCUT2D eigenvalue weighted by Crippen LogP contribution is -2.30. The number of ether oxygens (including phenoxy) is 1. The van der Waals surface area contributed by atoms with Gasteiger partial charge in [-0.05, 0) is 32.6 Å². The van der Waals surface area contributed by atoms with E-state index >= 15 is 0 Å². The molecule has 1 fully saturated rings. The van der Waals surface area contributed by atoms with Crippen molar-refractivity contribution in [3.05, 3.63) is 18.1 Å². The molecular weight excluding hydrogens is 256 g/mol. The van der Waals surface area contributed by atoms with E-state index in [1.807, 2.05) is 6.92 Å². The smallest absolute Gasteiger partial charge is 0.271 e. The highest BCUT2D eigenvalue weighted by atomic mass is 16.5. The van der Waals surface area contributed by atoms with Crippen molar-refractivity contribution in [2.45, 2.75) is 38.7 Å². The molecule has 2 rings (SSSR count). The Balaban J connectivity index is 1.73. The fourth-order valence-corrected chi connectivity index (χ4v) is 2.19. The summed E-state index contributed by atoms with van der Waals surface area (Å²) in [6.45, 7) is 4.22. The lowest BCUT2D eigenvalue weighted by Gasteiger charge is -2.22. The molecule has 1 aliphatic rings. The standard InChI is InChI=1S/C14H22N4O2/c1-2-15-13-10-17-12(9-18-13)14(19)16-7-6-11-5-3-4-8-20-11/h9-11H,2-8H2,1H3,(H,15,18)(H,16,19). The van der Waals surface area contributed by atoms with E-state index < -0.39 is 0 Å². The molecule has 20 heavy (non-hydrogen) atoms. The van der Waals surface area contributed by atoms with Gasteiger partial charge in [0.1, 0.15) is 11.5 Å². The van der Waals surface area contributed by atoms with Crippen LogP contribution in [0.3, 0.4) is 0 Å². The van der Waals surface area contributed by atoms with Crippen molar-refractivity contribution in [3.63, 3.8) is 0 Å². The van der Waals surface area contributed by atoms with E-state index in [1.165, 1.54) is 12.6 Å². The van der Waals surface area contributed by atoms with Crippen LogP contribution in [0.1, 0.15) is 43.1 Å². The Morgan fingerprint density at radius 1 is 1.40 bits per heavy atom. The van der Waals surface area contributed by atoms with Crippen LogP contribution in [-0.2, 0) is 4.74 Å². The van der Waals surface area contributed by atoms with Crippen molar-refractivity contribution in [3.8, 4) is 0 Å². The molecule has 0 aromatic carbocycles. The molecule has 6 nitrogen and oxygen atoms in total. The average Bonchev–Trinajstić information content (AvgIpc) is 2.49. The van der Waals surface area contributed by atoms with Gasteiger partial charge < -0.3 is 15.4 Å². The van der Waals surface area contributed by atoms with Crippen LogP contribution in [-0.4, -0.2) is 41.7 Å². The van der Waals surface area contributed by atoms with Crippen molar-refractivity contribution in [1.82, 2.24) is 15.3 Å². The molecule has 1 unspecified atom stereocenters. The summed E-state index contributed by atoms with van der Waals surface area (Å²) in [5.74, 6) is 0.496. The van der Waals surface area contributed by atoms with E-state index in [0.29, 0.717) is 18.1 Å². The Morgan fingerprint density at radius 3 is 2.95 bits per heavy atom. The molecule has 1 atom stereocenters. The number of nitrogens with one attached hydrogen (secondary N) is 2. The number of anilines is 1. The summed E-state index contributed by atoms with van der Waals surface area (Å²) in [5.41, 5.74) is 0.344. The summed E-state index contributed by atoms with van der Waals surface area (Å²) < 4.78 is 5.62. The third-order valence-electron chi connectivity index (χ3n) is 3.27. The second-order valence-corrected chi connectivity index (χ2v) is 4.85. The highest BCUT2D eigenvalue weighted by Crippen LogP contribution is 2.14. The van der Waals surface area contributed by atoms with Gasteiger partial charge in [-0.25, -0.2) is 9.97 Å². The quantitative estimate of drug-likeness (QED) is 0.826. The van der Waals surface area contributed by atoms with Gasteiger partial charge in [-0.2, -0.15) is 0 Å². The van der Waals surface area contributed by atoms with Crippen LogP contribution in [0.5, 0.6) is 0 Å². The minimum atomic E-state index is -0.184. The maximum atomic E-state index is 11.9. The number of aromatic nitrogens is 2. The minimum Gasteiger partial charge on any atom is -0.378 e. The average molecular weight is 278 g/mol. The fourth-order valence-electron chi connectivity index (χ4n) is 2.19. The number of amides is 1. The zero-order chi connectivity index (χ0) is 14.2. The lowest BCUT2D eigenvalue weighted by molar-refractivity contribution is 0.0117. The van der Waals surface area contributed by atoms with Gasteiger partial charge in [0, 0.05) is 19.7 Å². The van der Waals surface area contributed by atoms with Crippen molar-refractivity contribution in [1.29, 1.82) is 0 Å². The highest BCUT2D eigenvalue weighted by molar-refractivity contribution is 5.91. The zero-order valence-electron chi connectivity index (χ0n) is 11.9. The molecule has 110 valence electrons. The van der Waals surface area contributed by atoms with E-state index in [4.69, 9.17) is 4.74 Å². The maximum Gasteiger partial charge on any atom is 0.271 e. The molecule has 0 saturated carbocycles. The summed E-state index contributed by atoms with van der Waals surface area (Å²) in [4.78, 5) is 20.1. The summed E-state index contributed by atoms with van der Waals surface area (Å²) in [5, 5.41) is 5.89. The molecule has 0 bridgehead atoms. The van der Waals surface area contributed by atoms with Crippen LogP contribution in [0.2, 0.25) is 0 Å². The van der Waals surface area contributed by atoms with Gasteiger partial charge in [-0.15, -0.1) is 0 Å². The molecule has 0 spiro atoms. The molecule has 0 radical (unpaired) electrons. The van der Waals surface area contributed by atoms with Gasteiger partial charge in [0.2, 0.25) is 0 Å². The Hall–Kier alpha value is -1.69. The molecule has 0 aliphatic carbocycles. The van der Waals surface area contributed by atoms with Crippen molar-refractivity contribution in [2.75, 3.05) is 25.0 Å². The third-order valence-corrected chi connectivity index (χ3v) is 3.27. The predicted molar refractivity (Wildman–Crippen MR) is 76.7 cm³/mol. The molecule has 6 heteroatoms. The predicted octanol–water partition coefficient (Wildman–Crippen LogP) is 1.60. The first-order valence-electron chi connectivity index (χ1n) is 7.25. The summed E-state index contributed by atoms with van der Waals surface area (Å²) >= 11 is 0. The van der Waals surface area contributed by atoms with Crippen LogP contribution < -0.4 is 10.6 Å². The van der Waals surface area contributed by atoms with Gasteiger partial charge >= 0.3 is 0 Å². The second-order valence-electron chi connectivity index (χ2n) is 4.85. The van der Waals surface area contributed by atoms with E-state index in [-0.39, 0.29) is 12.0 Å². The third kappa shape index (κ3) is 4.45. The normalized spacial score (nSPS) is 18.6. The number of rotatable bonds is 6. The summed E-state index contributed by atoms with van der Waals surface area (Å²) in [7, 11) is 0. The van der Waals surface area contributed by atoms with Crippen LogP contribution >= 0.6 is 0 Å². The SMILES string of the molecule is CCNc1cnc(C(=O)NCCC2CCCCO2)cn1. The van der Waals surface area contributed by atoms with Gasteiger partial charge in [0.15, 0.2) is 0 Å². The largest absolute Gasteiger partial charge is 0.378 e. The first kappa shape index (κ1) is 14.7. The molecule has 2 N–H and O–H groups in total. The lowest BCUT2D eigenvalue weighted by atomic mass is 10.1. The number of carbonyl (C=O) groups is 1. The molecular formula is C14H22N4O2. The minimum absolute atomic E-state index is 0.184. The van der Waals surface area contributed by atoms with E-state index in [9.17, 15) is 4.79 Å². The van der Waals surface area contributed by atoms with Gasteiger partial charge in [-0.3, -0.25) is 4.79 Å². The Kier molecular flexibility index (Phi) is 5.73. The van der Waals surface area contributed by atoms with Crippen molar-refractivity contribution >= 4 is 11.7 Å². The molecule has 1 amide bonds. The molecule has 1 aromatic rings. The van der Waals surface area contributed by atoms with Crippen LogP contribution in [0.4, 0.5) is 5.82 Å². The number of hydrogen-bond acceptors (Lipinski definition) is 5.